The molecule has 3 heterocycles. The van der Waals surface area contributed by atoms with E-state index in [1.807, 2.05) is 73.1 Å². The normalized spacial score (nSPS) is 11.3. The molecule has 0 spiro atoms. The first-order valence-corrected chi connectivity index (χ1v) is 15.2. The van der Waals surface area contributed by atoms with Crippen LogP contribution < -0.4 is 0 Å². The second-order valence-electron chi connectivity index (χ2n) is 10.7. The molecule has 0 saturated heterocycles. The van der Waals surface area contributed by atoms with Crippen molar-refractivity contribution in [3.63, 3.8) is 0 Å². The van der Waals surface area contributed by atoms with Crippen LogP contribution in [0.25, 0.3) is 78.1 Å². The predicted octanol–water partition coefficient (Wildman–Crippen LogP) is 10.9. The van der Waals surface area contributed by atoms with Crippen LogP contribution >= 0.6 is 15.9 Å². The van der Waals surface area contributed by atoms with E-state index in [0.29, 0.717) is 5.82 Å². The predicted molar refractivity (Wildman–Crippen MR) is 182 cm³/mol. The van der Waals surface area contributed by atoms with E-state index < -0.39 is 0 Å². The van der Waals surface area contributed by atoms with Crippen molar-refractivity contribution in [2.45, 2.75) is 0 Å². The minimum atomic E-state index is 0.672. The van der Waals surface area contributed by atoms with E-state index in [1.165, 1.54) is 0 Å². The molecule has 208 valence electrons. The van der Waals surface area contributed by atoms with Crippen LogP contribution in [0.2, 0.25) is 0 Å². The van der Waals surface area contributed by atoms with E-state index in [1.54, 1.807) is 0 Å². The van der Waals surface area contributed by atoms with E-state index in [0.717, 1.165) is 76.7 Å². The van der Waals surface area contributed by atoms with Crippen LogP contribution in [-0.4, -0.2) is 15.0 Å². The van der Waals surface area contributed by atoms with Gasteiger partial charge in [-0.25, -0.2) is 9.97 Å². The van der Waals surface area contributed by atoms with E-state index in [2.05, 4.69) is 93.7 Å². The topological polar surface area (TPSA) is 51.8 Å². The molecule has 0 fully saturated rings. The smallest absolute Gasteiger partial charge is 0.160 e. The third-order valence-electron chi connectivity index (χ3n) is 7.86. The second kappa shape index (κ2) is 11.0. The molecule has 0 atom stereocenters. The van der Waals surface area contributed by atoms with Gasteiger partial charge in [0.05, 0.1) is 11.4 Å². The van der Waals surface area contributed by atoms with Gasteiger partial charge in [-0.1, -0.05) is 94.8 Å². The van der Waals surface area contributed by atoms with E-state index >= 15 is 0 Å². The molecule has 3 aromatic heterocycles. The van der Waals surface area contributed by atoms with Crippen LogP contribution in [-0.2, 0) is 0 Å². The number of fused-ring (bicyclic) bond motifs is 3. The highest BCUT2D eigenvalue weighted by Crippen LogP contribution is 2.36. The lowest BCUT2D eigenvalue weighted by Gasteiger charge is -2.12. The number of nitrogens with zero attached hydrogens (tertiary/aromatic N) is 3. The number of para-hydroxylation sites is 1. The number of aromatic nitrogens is 3. The van der Waals surface area contributed by atoms with Gasteiger partial charge >= 0.3 is 0 Å². The van der Waals surface area contributed by atoms with Gasteiger partial charge in [0.15, 0.2) is 5.82 Å². The van der Waals surface area contributed by atoms with Crippen LogP contribution in [0.3, 0.4) is 0 Å². The zero-order valence-electron chi connectivity index (χ0n) is 23.5. The lowest BCUT2D eigenvalue weighted by Crippen LogP contribution is -1.96. The molecule has 5 heteroatoms. The maximum atomic E-state index is 6.21. The fourth-order valence-corrected chi connectivity index (χ4v) is 6.14. The van der Waals surface area contributed by atoms with Gasteiger partial charge in [0, 0.05) is 44.3 Å². The Kier molecular flexibility index (Phi) is 6.58. The lowest BCUT2D eigenvalue weighted by atomic mass is 9.98. The van der Waals surface area contributed by atoms with Crippen molar-refractivity contribution in [3.05, 3.63) is 150 Å². The van der Waals surface area contributed by atoms with Gasteiger partial charge in [0.2, 0.25) is 0 Å². The minimum absolute atomic E-state index is 0.672. The van der Waals surface area contributed by atoms with Crippen molar-refractivity contribution < 1.29 is 4.42 Å². The van der Waals surface area contributed by atoms with Crippen molar-refractivity contribution in [1.82, 2.24) is 15.0 Å². The molecule has 4 nitrogen and oxygen atoms in total. The summed E-state index contributed by atoms with van der Waals surface area (Å²) in [6.07, 6.45) is 3.64. The molecular weight excluding hydrogens is 606 g/mol. The van der Waals surface area contributed by atoms with Crippen molar-refractivity contribution in [3.8, 4) is 56.2 Å². The molecule has 8 rings (SSSR count). The largest absolute Gasteiger partial charge is 0.456 e. The van der Waals surface area contributed by atoms with Crippen molar-refractivity contribution >= 4 is 37.9 Å². The molecule has 8 aromatic rings. The molecule has 0 unspecified atom stereocenters. The Morgan fingerprint density at radius 1 is 0.432 bits per heavy atom. The Morgan fingerprint density at radius 2 is 1.05 bits per heavy atom. The van der Waals surface area contributed by atoms with Crippen molar-refractivity contribution in [1.29, 1.82) is 0 Å². The maximum absolute atomic E-state index is 6.21. The summed E-state index contributed by atoms with van der Waals surface area (Å²) >= 11 is 3.77. The van der Waals surface area contributed by atoms with Gasteiger partial charge in [0.1, 0.15) is 11.2 Å². The number of pyridine rings is 1. The Labute approximate surface area is 262 Å². The summed E-state index contributed by atoms with van der Waals surface area (Å²) in [4.78, 5) is 14.2. The minimum Gasteiger partial charge on any atom is -0.456 e. The third kappa shape index (κ3) is 4.97. The average Bonchev–Trinajstić information content (AvgIpc) is 3.47. The summed E-state index contributed by atoms with van der Waals surface area (Å²) < 4.78 is 7.19. The van der Waals surface area contributed by atoms with Gasteiger partial charge in [-0.05, 0) is 76.9 Å². The lowest BCUT2D eigenvalue weighted by molar-refractivity contribution is 0.669. The summed E-state index contributed by atoms with van der Waals surface area (Å²) in [6, 6.07) is 45.7. The number of furan rings is 1. The molecule has 0 saturated carbocycles. The first-order chi connectivity index (χ1) is 21.7. The fourth-order valence-electron chi connectivity index (χ4n) is 5.65. The first-order valence-electron chi connectivity index (χ1n) is 14.4. The molecule has 0 aliphatic rings. The summed E-state index contributed by atoms with van der Waals surface area (Å²) in [7, 11) is 0. The van der Waals surface area contributed by atoms with Gasteiger partial charge in [-0.15, -0.1) is 0 Å². The van der Waals surface area contributed by atoms with E-state index in [9.17, 15) is 0 Å². The average molecular weight is 631 g/mol. The zero-order valence-corrected chi connectivity index (χ0v) is 25.1. The Balaban J connectivity index is 1.24. The molecule has 0 N–H and O–H groups in total. The number of hydrogen-bond donors (Lipinski definition) is 0. The Hall–Kier alpha value is -5.39. The second-order valence-corrected chi connectivity index (χ2v) is 11.6. The monoisotopic (exact) mass is 629 g/mol. The molecular formula is C39H24BrN3O. The number of benzene rings is 5. The fraction of sp³-hybridized carbons (Fsp3) is 0. The molecule has 44 heavy (non-hydrogen) atoms. The van der Waals surface area contributed by atoms with Crippen molar-refractivity contribution in [2.75, 3.05) is 0 Å². The van der Waals surface area contributed by atoms with E-state index in [4.69, 9.17) is 14.4 Å². The van der Waals surface area contributed by atoms with Crippen LogP contribution in [0.4, 0.5) is 0 Å². The molecule has 5 aromatic carbocycles. The van der Waals surface area contributed by atoms with Crippen LogP contribution in [0, 0.1) is 0 Å². The van der Waals surface area contributed by atoms with Gasteiger partial charge in [-0.2, -0.15) is 0 Å². The summed E-state index contributed by atoms with van der Waals surface area (Å²) in [6.45, 7) is 0. The number of rotatable bonds is 5. The Morgan fingerprint density at radius 3 is 1.84 bits per heavy atom. The van der Waals surface area contributed by atoms with Crippen LogP contribution in [0.15, 0.2) is 155 Å². The highest BCUT2D eigenvalue weighted by molar-refractivity contribution is 9.10. The van der Waals surface area contributed by atoms with Gasteiger partial charge < -0.3 is 4.42 Å². The summed E-state index contributed by atoms with van der Waals surface area (Å²) in [5.41, 5.74) is 10.8. The highest BCUT2D eigenvalue weighted by Gasteiger charge is 2.14. The van der Waals surface area contributed by atoms with Crippen molar-refractivity contribution in [2.24, 2.45) is 0 Å². The van der Waals surface area contributed by atoms with Crippen LogP contribution in [0.5, 0.6) is 0 Å². The molecule has 0 aliphatic heterocycles. The maximum Gasteiger partial charge on any atom is 0.160 e. The van der Waals surface area contributed by atoms with Crippen LogP contribution in [0.1, 0.15) is 0 Å². The third-order valence-corrected chi connectivity index (χ3v) is 8.32. The molecule has 0 amide bonds. The SMILES string of the molecule is Brc1cc(-c2ccc(-c3ccncc3)cc2)cc(-c2cc(-c3ccc4c(c3)oc3ccccc34)nc(-c3ccccc3)n2)c1. The van der Waals surface area contributed by atoms with Gasteiger partial charge in [-0.3, -0.25) is 4.98 Å². The highest BCUT2D eigenvalue weighted by atomic mass is 79.9. The van der Waals surface area contributed by atoms with E-state index in [-0.39, 0.29) is 0 Å². The quantitative estimate of drug-likeness (QED) is 0.190. The summed E-state index contributed by atoms with van der Waals surface area (Å²) in [5, 5.41) is 2.20. The molecule has 0 bridgehead atoms. The van der Waals surface area contributed by atoms with Gasteiger partial charge in [0.25, 0.3) is 0 Å². The summed E-state index contributed by atoms with van der Waals surface area (Å²) in [5.74, 6) is 0.672. The molecule has 0 radical (unpaired) electrons. The molecule has 0 aliphatic carbocycles. The first kappa shape index (κ1) is 26.3. The number of halogens is 1. The Bertz CT molecular complexity index is 2280. The zero-order chi connectivity index (χ0) is 29.5. The number of hydrogen-bond acceptors (Lipinski definition) is 4. The standard InChI is InChI=1S/C39H24BrN3O/c40-32-21-30(26-12-10-25(11-13-26)27-16-18-41-19-17-27)20-31(22-32)36-24-35(42-39(43-36)28-6-2-1-3-7-28)29-14-15-34-33-8-4-5-9-37(33)44-38(34)23-29/h1-24H.